The molecule has 0 aliphatic heterocycles. The van der Waals surface area contributed by atoms with Crippen LogP contribution >= 0.6 is 11.8 Å². The van der Waals surface area contributed by atoms with Crippen molar-refractivity contribution in [1.82, 2.24) is 10.6 Å². The maximum Gasteiger partial charge on any atom is 0.323 e. The molecule has 0 fully saturated rings. The van der Waals surface area contributed by atoms with Crippen LogP contribution in [-0.4, -0.2) is 47.1 Å². The first kappa shape index (κ1) is 18.2. The highest BCUT2D eigenvalue weighted by Crippen LogP contribution is 2.19. The summed E-state index contributed by atoms with van der Waals surface area (Å²) in [7, 11) is 0. The summed E-state index contributed by atoms with van der Waals surface area (Å²) < 4.78 is 0. The van der Waals surface area contributed by atoms with Gasteiger partial charge in [0.05, 0.1) is 5.75 Å². The van der Waals surface area contributed by atoms with Crippen molar-refractivity contribution in [3.8, 4) is 0 Å². The first-order valence-electron chi connectivity index (χ1n) is 6.85. The van der Waals surface area contributed by atoms with Gasteiger partial charge in [-0.3, -0.25) is 9.59 Å². The van der Waals surface area contributed by atoms with Crippen molar-refractivity contribution in [2.75, 3.05) is 24.6 Å². The molecular weight excluding hydrogens is 264 g/mol. The number of carbonyl (C=O) groups excluding carboxylic acids is 1. The number of hydrogen-bond acceptors (Lipinski definition) is 4. The summed E-state index contributed by atoms with van der Waals surface area (Å²) >= 11 is 1.55. The molecule has 0 saturated carbocycles. The smallest absolute Gasteiger partial charge is 0.323 e. The topological polar surface area (TPSA) is 78.4 Å². The van der Waals surface area contributed by atoms with Crippen molar-refractivity contribution in [2.24, 2.45) is 0 Å². The number of carboxylic acids is 1. The SMILES string of the molecule is CCNC(=O)CSCCCC(CC)(NCC)C(=O)O. The van der Waals surface area contributed by atoms with E-state index in [0.29, 0.717) is 31.7 Å². The number of carbonyl (C=O) groups is 2. The van der Waals surface area contributed by atoms with Crippen LogP contribution in [0.2, 0.25) is 0 Å². The van der Waals surface area contributed by atoms with Crippen LogP contribution in [0, 0.1) is 0 Å². The normalized spacial score (nSPS) is 13.8. The minimum absolute atomic E-state index is 0.0409. The predicted octanol–water partition coefficient (Wildman–Crippen LogP) is 1.48. The van der Waals surface area contributed by atoms with Crippen LogP contribution in [0.25, 0.3) is 0 Å². The van der Waals surface area contributed by atoms with Crippen molar-refractivity contribution in [2.45, 2.75) is 45.6 Å². The fraction of sp³-hybridized carbons (Fsp3) is 0.846. The minimum atomic E-state index is -0.818. The van der Waals surface area contributed by atoms with Crippen LogP contribution in [0.1, 0.15) is 40.0 Å². The highest BCUT2D eigenvalue weighted by Gasteiger charge is 2.34. The Kier molecular flexibility index (Phi) is 9.69. The molecule has 0 aromatic carbocycles. The van der Waals surface area contributed by atoms with Crippen LogP contribution < -0.4 is 10.6 Å². The molecule has 1 amide bonds. The standard InChI is InChI=1S/C13H26N2O3S/c1-4-13(12(17)18,15-6-3)8-7-9-19-10-11(16)14-5-2/h15H,4-10H2,1-3H3,(H,14,16)(H,17,18). The Labute approximate surface area is 119 Å². The molecule has 1 unspecified atom stereocenters. The lowest BCUT2D eigenvalue weighted by atomic mass is 9.91. The highest BCUT2D eigenvalue weighted by atomic mass is 32.2. The van der Waals surface area contributed by atoms with E-state index in [4.69, 9.17) is 0 Å². The third-order valence-corrected chi connectivity index (χ3v) is 4.07. The Morgan fingerprint density at radius 1 is 1.21 bits per heavy atom. The summed E-state index contributed by atoms with van der Waals surface area (Å²) in [4.78, 5) is 22.6. The number of rotatable bonds is 11. The molecule has 0 aliphatic carbocycles. The van der Waals surface area contributed by atoms with Gasteiger partial charge < -0.3 is 15.7 Å². The molecule has 0 spiro atoms. The summed E-state index contributed by atoms with van der Waals surface area (Å²) in [5.74, 6) is 0.503. The van der Waals surface area contributed by atoms with Gasteiger partial charge in [-0.15, -0.1) is 0 Å². The van der Waals surface area contributed by atoms with Crippen LogP contribution in [0.15, 0.2) is 0 Å². The van der Waals surface area contributed by atoms with E-state index in [1.807, 2.05) is 20.8 Å². The van der Waals surface area contributed by atoms with Gasteiger partial charge in [0, 0.05) is 6.54 Å². The third kappa shape index (κ3) is 6.82. The molecule has 0 aromatic rings. The van der Waals surface area contributed by atoms with Gasteiger partial charge in [-0.25, -0.2) is 0 Å². The fourth-order valence-corrected chi connectivity index (χ4v) is 2.73. The Morgan fingerprint density at radius 3 is 2.37 bits per heavy atom. The largest absolute Gasteiger partial charge is 0.480 e. The second-order valence-corrected chi connectivity index (χ2v) is 5.49. The third-order valence-electron chi connectivity index (χ3n) is 3.03. The maximum atomic E-state index is 11.4. The van der Waals surface area contributed by atoms with Crippen molar-refractivity contribution in [1.29, 1.82) is 0 Å². The van der Waals surface area contributed by atoms with Crippen LogP contribution in [0.3, 0.4) is 0 Å². The van der Waals surface area contributed by atoms with E-state index in [1.165, 1.54) is 0 Å². The first-order valence-corrected chi connectivity index (χ1v) is 8.00. The van der Waals surface area contributed by atoms with Gasteiger partial charge in [-0.2, -0.15) is 11.8 Å². The summed E-state index contributed by atoms with van der Waals surface area (Å²) in [5.41, 5.74) is -0.818. The van der Waals surface area contributed by atoms with Gasteiger partial charge in [0.25, 0.3) is 0 Å². The number of thioether (sulfide) groups is 1. The fourth-order valence-electron chi connectivity index (χ4n) is 1.95. The molecule has 0 bridgehead atoms. The maximum absolute atomic E-state index is 11.4. The van der Waals surface area contributed by atoms with E-state index in [0.717, 1.165) is 12.2 Å². The van der Waals surface area contributed by atoms with Crippen molar-refractivity contribution in [3.05, 3.63) is 0 Å². The van der Waals surface area contributed by atoms with E-state index < -0.39 is 11.5 Å². The second-order valence-electron chi connectivity index (χ2n) is 4.38. The van der Waals surface area contributed by atoms with Gasteiger partial charge in [0.15, 0.2) is 0 Å². The molecular formula is C13H26N2O3S. The van der Waals surface area contributed by atoms with E-state index in [9.17, 15) is 14.7 Å². The molecule has 5 nitrogen and oxygen atoms in total. The minimum Gasteiger partial charge on any atom is -0.480 e. The van der Waals surface area contributed by atoms with E-state index in [2.05, 4.69) is 10.6 Å². The van der Waals surface area contributed by atoms with E-state index in [1.54, 1.807) is 11.8 Å². The van der Waals surface area contributed by atoms with Gasteiger partial charge >= 0.3 is 5.97 Å². The molecule has 0 saturated heterocycles. The van der Waals surface area contributed by atoms with Crippen molar-refractivity contribution in [3.63, 3.8) is 0 Å². The molecule has 6 heteroatoms. The Hall–Kier alpha value is -0.750. The van der Waals surface area contributed by atoms with E-state index in [-0.39, 0.29) is 5.91 Å². The lowest BCUT2D eigenvalue weighted by Gasteiger charge is -2.29. The molecule has 1 atom stereocenters. The lowest BCUT2D eigenvalue weighted by Crippen LogP contribution is -2.51. The van der Waals surface area contributed by atoms with Crippen LogP contribution in [0.4, 0.5) is 0 Å². The molecule has 0 rings (SSSR count). The molecule has 3 N–H and O–H groups in total. The lowest BCUT2D eigenvalue weighted by molar-refractivity contribution is -0.145. The molecule has 112 valence electrons. The van der Waals surface area contributed by atoms with Gasteiger partial charge in [0.1, 0.15) is 5.54 Å². The quantitative estimate of drug-likeness (QED) is 0.502. The van der Waals surface area contributed by atoms with Gasteiger partial charge in [-0.1, -0.05) is 13.8 Å². The van der Waals surface area contributed by atoms with Crippen LogP contribution in [0.5, 0.6) is 0 Å². The zero-order chi connectivity index (χ0) is 14.7. The Bertz CT molecular complexity index is 287. The molecule has 0 radical (unpaired) electrons. The number of amides is 1. The Morgan fingerprint density at radius 2 is 1.89 bits per heavy atom. The van der Waals surface area contributed by atoms with Crippen molar-refractivity contribution < 1.29 is 14.7 Å². The van der Waals surface area contributed by atoms with Crippen molar-refractivity contribution >= 4 is 23.6 Å². The number of nitrogens with one attached hydrogen (secondary N) is 2. The zero-order valence-corrected chi connectivity index (χ0v) is 12.9. The average molecular weight is 290 g/mol. The summed E-state index contributed by atoms with van der Waals surface area (Å²) in [6.07, 6.45) is 1.95. The monoisotopic (exact) mass is 290 g/mol. The summed E-state index contributed by atoms with van der Waals surface area (Å²) in [5, 5.41) is 15.1. The molecule has 0 aromatic heterocycles. The second kappa shape index (κ2) is 10.1. The Balaban J connectivity index is 4.00. The van der Waals surface area contributed by atoms with Gasteiger partial charge in [0.2, 0.25) is 5.91 Å². The number of hydrogen-bond donors (Lipinski definition) is 3. The number of carboxylic acid groups (broad SMARTS) is 1. The summed E-state index contributed by atoms with van der Waals surface area (Å²) in [6.45, 7) is 6.99. The van der Waals surface area contributed by atoms with Gasteiger partial charge in [-0.05, 0) is 38.5 Å². The zero-order valence-electron chi connectivity index (χ0n) is 12.1. The predicted molar refractivity (Wildman–Crippen MR) is 79.6 cm³/mol. The molecule has 0 heterocycles. The summed E-state index contributed by atoms with van der Waals surface area (Å²) in [6, 6.07) is 0. The number of likely N-dealkylation sites (N-methyl/N-ethyl adjacent to an activating group) is 1. The first-order chi connectivity index (χ1) is 9.02. The van der Waals surface area contributed by atoms with Crippen LogP contribution in [-0.2, 0) is 9.59 Å². The van der Waals surface area contributed by atoms with E-state index >= 15 is 0 Å². The highest BCUT2D eigenvalue weighted by molar-refractivity contribution is 7.99. The number of aliphatic carboxylic acids is 1. The molecule has 0 aliphatic rings. The molecule has 19 heavy (non-hydrogen) atoms. The average Bonchev–Trinajstić information content (AvgIpc) is 2.37.